The van der Waals surface area contributed by atoms with Crippen LogP contribution in [0.4, 0.5) is 0 Å². The monoisotopic (exact) mass is 302 g/mol. The first kappa shape index (κ1) is 15.8. The highest BCUT2D eigenvalue weighted by molar-refractivity contribution is 7.92. The van der Waals surface area contributed by atoms with Crippen LogP contribution >= 0.6 is 0 Å². The minimum absolute atomic E-state index is 0.161. The number of piperidine rings is 1. The molecule has 1 unspecified atom stereocenters. The van der Waals surface area contributed by atoms with Gasteiger partial charge in [0.15, 0.2) is 9.84 Å². The lowest BCUT2D eigenvalue weighted by atomic mass is 9.97. The Morgan fingerprint density at radius 1 is 1.20 bits per heavy atom. The molecule has 0 aromatic heterocycles. The van der Waals surface area contributed by atoms with Crippen LogP contribution in [0.3, 0.4) is 0 Å². The van der Waals surface area contributed by atoms with E-state index in [1.165, 1.54) is 0 Å². The summed E-state index contributed by atoms with van der Waals surface area (Å²) in [6, 6.07) is 0. The maximum Gasteiger partial charge on any atom is 0.240 e. The van der Waals surface area contributed by atoms with Gasteiger partial charge in [-0.15, -0.1) is 0 Å². The maximum atomic E-state index is 12.5. The maximum absolute atomic E-state index is 12.5. The average Bonchev–Trinajstić information content (AvgIpc) is 2.45. The molecule has 0 aliphatic carbocycles. The molecule has 0 bridgehead atoms. The van der Waals surface area contributed by atoms with Crippen molar-refractivity contribution in [1.29, 1.82) is 0 Å². The molecule has 0 aromatic rings. The second kappa shape index (κ2) is 6.89. The topological polar surface area (TPSA) is 66.5 Å². The van der Waals surface area contributed by atoms with Gasteiger partial charge in [-0.3, -0.25) is 4.79 Å². The summed E-state index contributed by atoms with van der Waals surface area (Å²) in [6.45, 7) is 5.25. The predicted molar refractivity (Wildman–Crippen MR) is 79.3 cm³/mol. The third kappa shape index (κ3) is 3.73. The van der Waals surface area contributed by atoms with Crippen molar-refractivity contribution >= 4 is 15.7 Å². The molecule has 0 aromatic carbocycles. The second-order valence-corrected chi connectivity index (χ2v) is 8.22. The number of nitrogens with one attached hydrogen (secondary N) is 1. The summed E-state index contributed by atoms with van der Waals surface area (Å²) in [5.74, 6) is 0.520. The molecule has 0 radical (unpaired) electrons. The van der Waals surface area contributed by atoms with Crippen molar-refractivity contribution in [2.45, 2.75) is 44.3 Å². The van der Waals surface area contributed by atoms with Gasteiger partial charge in [0.25, 0.3) is 0 Å². The highest BCUT2D eigenvalue weighted by Gasteiger charge is 2.37. The van der Waals surface area contributed by atoms with E-state index in [-0.39, 0.29) is 11.7 Å². The van der Waals surface area contributed by atoms with Gasteiger partial charge in [0.05, 0.1) is 5.75 Å². The minimum atomic E-state index is -3.22. The summed E-state index contributed by atoms with van der Waals surface area (Å²) in [4.78, 5) is 14.3. The van der Waals surface area contributed by atoms with Crippen LogP contribution in [-0.2, 0) is 14.6 Å². The van der Waals surface area contributed by atoms with Gasteiger partial charge in [-0.1, -0.05) is 6.42 Å². The SMILES string of the molecule is CCN(CC1CCNCC1)C(=O)C1CCCCS1(=O)=O. The molecular weight excluding hydrogens is 276 g/mol. The molecular formula is C14H26N2O3S. The zero-order valence-electron chi connectivity index (χ0n) is 12.3. The average molecular weight is 302 g/mol. The van der Waals surface area contributed by atoms with Gasteiger partial charge >= 0.3 is 0 Å². The molecule has 0 spiro atoms. The van der Waals surface area contributed by atoms with E-state index in [0.29, 0.717) is 31.8 Å². The molecule has 5 nitrogen and oxygen atoms in total. The summed E-state index contributed by atoms with van der Waals surface area (Å²) >= 11 is 0. The van der Waals surface area contributed by atoms with E-state index in [1.54, 1.807) is 4.90 Å². The lowest BCUT2D eigenvalue weighted by Crippen LogP contribution is -2.47. The lowest BCUT2D eigenvalue weighted by molar-refractivity contribution is -0.131. The van der Waals surface area contributed by atoms with Gasteiger partial charge in [-0.05, 0) is 51.6 Å². The Morgan fingerprint density at radius 3 is 2.50 bits per heavy atom. The highest BCUT2D eigenvalue weighted by Crippen LogP contribution is 2.23. The zero-order valence-corrected chi connectivity index (χ0v) is 13.1. The van der Waals surface area contributed by atoms with Crippen LogP contribution in [0.15, 0.2) is 0 Å². The van der Waals surface area contributed by atoms with Crippen LogP contribution in [0.5, 0.6) is 0 Å². The fourth-order valence-corrected chi connectivity index (χ4v) is 5.06. The van der Waals surface area contributed by atoms with E-state index in [2.05, 4.69) is 5.32 Å². The van der Waals surface area contributed by atoms with E-state index < -0.39 is 15.1 Å². The molecule has 116 valence electrons. The van der Waals surface area contributed by atoms with E-state index in [1.807, 2.05) is 6.92 Å². The van der Waals surface area contributed by atoms with Crippen molar-refractivity contribution in [3.8, 4) is 0 Å². The van der Waals surface area contributed by atoms with E-state index in [9.17, 15) is 13.2 Å². The van der Waals surface area contributed by atoms with E-state index in [0.717, 1.165) is 32.4 Å². The van der Waals surface area contributed by atoms with Crippen LogP contribution in [0, 0.1) is 5.92 Å². The van der Waals surface area contributed by atoms with Crippen LogP contribution in [-0.4, -0.2) is 56.4 Å². The Labute approximate surface area is 122 Å². The summed E-state index contributed by atoms with van der Waals surface area (Å²) in [5, 5.41) is 2.53. The number of rotatable bonds is 4. The molecule has 2 heterocycles. The molecule has 1 N–H and O–H groups in total. The van der Waals surface area contributed by atoms with Gasteiger partial charge in [-0.25, -0.2) is 8.42 Å². The predicted octanol–water partition coefficient (Wildman–Crippen LogP) is 0.802. The fraction of sp³-hybridized carbons (Fsp3) is 0.929. The van der Waals surface area contributed by atoms with Crippen LogP contribution < -0.4 is 5.32 Å². The molecule has 20 heavy (non-hydrogen) atoms. The Hall–Kier alpha value is -0.620. The fourth-order valence-electron chi connectivity index (χ4n) is 3.19. The largest absolute Gasteiger partial charge is 0.342 e. The summed E-state index contributed by atoms with van der Waals surface area (Å²) < 4.78 is 24.2. The Bertz CT molecular complexity index is 430. The van der Waals surface area contributed by atoms with Crippen molar-refractivity contribution in [1.82, 2.24) is 10.2 Å². The number of carbonyl (C=O) groups is 1. The van der Waals surface area contributed by atoms with Crippen LogP contribution in [0.1, 0.15) is 39.0 Å². The van der Waals surface area contributed by atoms with Gasteiger partial charge in [0, 0.05) is 13.1 Å². The smallest absolute Gasteiger partial charge is 0.240 e. The van der Waals surface area contributed by atoms with Gasteiger partial charge in [0.1, 0.15) is 5.25 Å². The third-order valence-electron chi connectivity index (χ3n) is 4.48. The van der Waals surface area contributed by atoms with Crippen LogP contribution in [0.2, 0.25) is 0 Å². The van der Waals surface area contributed by atoms with Crippen LogP contribution in [0.25, 0.3) is 0 Å². The molecule has 0 saturated carbocycles. The minimum Gasteiger partial charge on any atom is -0.342 e. The van der Waals surface area contributed by atoms with Crippen molar-refractivity contribution in [3.05, 3.63) is 0 Å². The Morgan fingerprint density at radius 2 is 1.90 bits per heavy atom. The first-order valence-corrected chi connectivity index (χ1v) is 9.47. The summed E-state index contributed by atoms with van der Waals surface area (Å²) in [5.41, 5.74) is 0. The number of hydrogen-bond donors (Lipinski definition) is 1. The second-order valence-electron chi connectivity index (χ2n) is 5.92. The highest BCUT2D eigenvalue weighted by atomic mass is 32.2. The van der Waals surface area contributed by atoms with Crippen molar-refractivity contribution in [2.24, 2.45) is 5.92 Å². The molecule has 1 atom stereocenters. The molecule has 6 heteroatoms. The first-order chi connectivity index (χ1) is 9.54. The molecule has 2 aliphatic rings. The van der Waals surface area contributed by atoms with Gasteiger partial charge in [-0.2, -0.15) is 0 Å². The van der Waals surface area contributed by atoms with Crippen molar-refractivity contribution < 1.29 is 13.2 Å². The van der Waals surface area contributed by atoms with E-state index in [4.69, 9.17) is 0 Å². The number of hydrogen-bond acceptors (Lipinski definition) is 4. The van der Waals surface area contributed by atoms with Crippen molar-refractivity contribution in [2.75, 3.05) is 31.9 Å². The molecule has 2 aliphatic heterocycles. The third-order valence-corrected chi connectivity index (χ3v) is 6.65. The molecule has 2 fully saturated rings. The zero-order chi connectivity index (χ0) is 14.6. The molecule has 2 rings (SSSR count). The standard InChI is InChI=1S/C14H26N2O3S/c1-2-16(11-12-6-8-15-9-7-12)14(17)13-5-3-4-10-20(13,18)19/h12-13,15H,2-11H2,1H3. The van der Waals surface area contributed by atoms with E-state index >= 15 is 0 Å². The molecule has 2 saturated heterocycles. The number of amides is 1. The normalized spacial score (nSPS) is 27.1. The van der Waals surface area contributed by atoms with Crippen molar-refractivity contribution in [3.63, 3.8) is 0 Å². The summed E-state index contributed by atoms with van der Waals surface area (Å²) in [7, 11) is -3.22. The van der Waals surface area contributed by atoms with Gasteiger partial charge < -0.3 is 10.2 Å². The number of nitrogens with zero attached hydrogens (tertiary/aromatic N) is 1. The Kier molecular flexibility index (Phi) is 5.43. The summed E-state index contributed by atoms with van der Waals surface area (Å²) in [6.07, 6.45) is 4.19. The quantitative estimate of drug-likeness (QED) is 0.834. The lowest BCUT2D eigenvalue weighted by Gasteiger charge is -2.32. The van der Waals surface area contributed by atoms with Gasteiger partial charge in [0.2, 0.25) is 5.91 Å². The Balaban J connectivity index is 2.00. The number of sulfone groups is 1. The first-order valence-electron chi connectivity index (χ1n) is 7.75. The molecule has 1 amide bonds. The number of carbonyl (C=O) groups excluding carboxylic acids is 1.